The van der Waals surface area contributed by atoms with Crippen LogP contribution < -0.4 is 10.2 Å². The normalized spacial score (nSPS) is 30.2. The third-order valence-corrected chi connectivity index (χ3v) is 4.73. The summed E-state index contributed by atoms with van der Waals surface area (Å²) in [6, 6.07) is 6.65. The van der Waals surface area contributed by atoms with E-state index in [1.54, 1.807) is 0 Å². The highest BCUT2D eigenvalue weighted by Crippen LogP contribution is 2.34. The van der Waals surface area contributed by atoms with Crippen molar-refractivity contribution in [2.45, 2.75) is 19.9 Å². The molecule has 2 aliphatic heterocycles. The first-order valence-electron chi connectivity index (χ1n) is 7.04. The number of rotatable bonds is 1. The molecular formula is C14H19N5. The van der Waals surface area contributed by atoms with E-state index in [9.17, 15) is 0 Å². The number of fused-ring (bicyclic) bond motifs is 2. The summed E-state index contributed by atoms with van der Waals surface area (Å²) < 4.78 is 1.94. The minimum absolute atomic E-state index is 0.526. The Labute approximate surface area is 112 Å². The van der Waals surface area contributed by atoms with Gasteiger partial charge in [-0.3, -0.25) is 0 Å². The van der Waals surface area contributed by atoms with Crippen LogP contribution in [0.3, 0.4) is 0 Å². The first-order chi connectivity index (χ1) is 9.24. The summed E-state index contributed by atoms with van der Waals surface area (Å²) in [5.74, 6) is 2.38. The van der Waals surface area contributed by atoms with Crippen LogP contribution in [0.2, 0.25) is 0 Å². The molecule has 3 atom stereocenters. The Balaban J connectivity index is 1.73. The van der Waals surface area contributed by atoms with Gasteiger partial charge in [-0.15, -0.1) is 5.10 Å². The van der Waals surface area contributed by atoms with Crippen LogP contribution in [0.15, 0.2) is 18.2 Å². The van der Waals surface area contributed by atoms with E-state index in [4.69, 9.17) is 4.98 Å². The maximum atomic E-state index is 4.69. The number of aryl methyl sites for hydroxylation is 1. The molecule has 0 spiro atoms. The fraction of sp³-hybridized carbons (Fsp3) is 0.571. The molecule has 0 aromatic carbocycles. The van der Waals surface area contributed by atoms with Gasteiger partial charge in [0.25, 0.3) is 0 Å². The molecule has 3 unspecified atom stereocenters. The van der Waals surface area contributed by atoms with E-state index in [2.05, 4.69) is 35.2 Å². The SMILES string of the molecule is Cc1cccc2nc(N3CC4CNCC4C3C)nn12. The van der Waals surface area contributed by atoms with Crippen LogP contribution in [0.1, 0.15) is 12.6 Å². The molecule has 2 fully saturated rings. The predicted molar refractivity (Wildman–Crippen MR) is 74.4 cm³/mol. The molecule has 2 aromatic rings. The van der Waals surface area contributed by atoms with Gasteiger partial charge in [0.05, 0.1) is 0 Å². The van der Waals surface area contributed by atoms with E-state index in [1.807, 2.05) is 16.6 Å². The molecule has 5 nitrogen and oxygen atoms in total. The number of pyridine rings is 1. The average molecular weight is 257 g/mol. The van der Waals surface area contributed by atoms with Gasteiger partial charge in [-0.25, -0.2) is 4.52 Å². The molecule has 1 N–H and O–H groups in total. The molecule has 100 valence electrons. The Hall–Kier alpha value is -1.62. The van der Waals surface area contributed by atoms with Crippen molar-refractivity contribution in [1.82, 2.24) is 19.9 Å². The minimum atomic E-state index is 0.526. The fourth-order valence-electron chi connectivity index (χ4n) is 3.58. The molecule has 5 heteroatoms. The van der Waals surface area contributed by atoms with Crippen molar-refractivity contribution in [1.29, 1.82) is 0 Å². The minimum Gasteiger partial charge on any atom is -0.336 e. The van der Waals surface area contributed by atoms with Gasteiger partial charge in [-0.1, -0.05) is 6.07 Å². The third-order valence-electron chi connectivity index (χ3n) is 4.73. The summed E-state index contributed by atoms with van der Waals surface area (Å²) >= 11 is 0. The highest BCUT2D eigenvalue weighted by atomic mass is 15.4. The zero-order valence-electron chi connectivity index (χ0n) is 11.4. The van der Waals surface area contributed by atoms with Crippen molar-refractivity contribution in [3.05, 3.63) is 23.9 Å². The van der Waals surface area contributed by atoms with Crippen LogP contribution >= 0.6 is 0 Å². The average Bonchev–Trinajstić information content (AvgIpc) is 3.06. The number of hydrogen-bond acceptors (Lipinski definition) is 4. The fourth-order valence-corrected chi connectivity index (χ4v) is 3.58. The topological polar surface area (TPSA) is 45.5 Å². The van der Waals surface area contributed by atoms with Gasteiger partial charge in [0.2, 0.25) is 5.95 Å². The molecule has 2 aliphatic rings. The molecule has 0 radical (unpaired) electrons. The smallest absolute Gasteiger partial charge is 0.245 e. The number of aromatic nitrogens is 3. The standard InChI is InChI=1S/C14H19N5/c1-9-4-3-5-13-16-14(17-19(9)13)18-8-11-6-15-7-12(11)10(18)2/h3-5,10-12,15H,6-8H2,1-2H3. The van der Waals surface area contributed by atoms with Crippen LogP contribution in [0.25, 0.3) is 5.65 Å². The van der Waals surface area contributed by atoms with E-state index < -0.39 is 0 Å². The van der Waals surface area contributed by atoms with E-state index in [-0.39, 0.29) is 0 Å². The van der Waals surface area contributed by atoms with Gasteiger partial charge in [-0.05, 0) is 37.8 Å². The van der Waals surface area contributed by atoms with Crippen LogP contribution in [-0.4, -0.2) is 40.3 Å². The van der Waals surface area contributed by atoms with Crippen LogP contribution in [0, 0.1) is 18.8 Å². The predicted octanol–water partition coefficient (Wildman–Crippen LogP) is 1.08. The molecule has 19 heavy (non-hydrogen) atoms. The number of anilines is 1. The van der Waals surface area contributed by atoms with Gasteiger partial charge >= 0.3 is 0 Å². The molecule has 2 aromatic heterocycles. The largest absolute Gasteiger partial charge is 0.336 e. The summed E-state index contributed by atoms with van der Waals surface area (Å²) in [5.41, 5.74) is 2.07. The lowest BCUT2D eigenvalue weighted by atomic mass is 9.95. The van der Waals surface area contributed by atoms with Crippen molar-refractivity contribution >= 4 is 11.6 Å². The number of hydrogen-bond donors (Lipinski definition) is 1. The third kappa shape index (κ3) is 1.57. The number of nitrogens with zero attached hydrogens (tertiary/aromatic N) is 4. The van der Waals surface area contributed by atoms with Crippen LogP contribution in [0.4, 0.5) is 5.95 Å². The van der Waals surface area contributed by atoms with Crippen LogP contribution in [0.5, 0.6) is 0 Å². The summed E-state index contributed by atoms with van der Waals surface area (Å²) in [6.07, 6.45) is 0. The molecular weight excluding hydrogens is 238 g/mol. The van der Waals surface area contributed by atoms with Gasteiger partial charge in [-0.2, -0.15) is 4.98 Å². The molecule has 0 bridgehead atoms. The van der Waals surface area contributed by atoms with Gasteiger partial charge in [0, 0.05) is 31.4 Å². The second-order valence-corrected chi connectivity index (χ2v) is 5.82. The maximum absolute atomic E-state index is 4.69. The lowest BCUT2D eigenvalue weighted by molar-refractivity contribution is 0.471. The molecule has 0 amide bonds. The Bertz CT molecular complexity index is 619. The Kier molecular flexibility index (Phi) is 2.33. The highest BCUT2D eigenvalue weighted by Gasteiger charge is 2.43. The monoisotopic (exact) mass is 257 g/mol. The number of nitrogens with one attached hydrogen (secondary N) is 1. The van der Waals surface area contributed by atoms with Gasteiger partial charge < -0.3 is 10.2 Å². The van der Waals surface area contributed by atoms with E-state index in [0.29, 0.717) is 6.04 Å². The molecule has 2 saturated heterocycles. The Morgan fingerprint density at radius 3 is 3.00 bits per heavy atom. The van der Waals surface area contributed by atoms with Gasteiger partial charge in [0.1, 0.15) is 0 Å². The van der Waals surface area contributed by atoms with E-state index >= 15 is 0 Å². The summed E-state index contributed by atoms with van der Waals surface area (Å²) in [5, 5.41) is 8.17. The summed E-state index contributed by atoms with van der Waals surface area (Å²) in [4.78, 5) is 7.07. The highest BCUT2D eigenvalue weighted by molar-refractivity contribution is 5.47. The molecule has 0 aliphatic carbocycles. The van der Waals surface area contributed by atoms with Crippen molar-refractivity contribution in [2.24, 2.45) is 11.8 Å². The van der Waals surface area contributed by atoms with Crippen LogP contribution in [-0.2, 0) is 0 Å². The Morgan fingerprint density at radius 1 is 1.32 bits per heavy atom. The zero-order valence-corrected chi connectivity index (χ0v) is 11.4. The lowest BCUT2D eigenvalue weighted by Crippen LogP contribution is -2.33. The lowest BCUT2D eigenvalue weighted by Gasteiger charge is -2.22. The van der Waals surface area contributed by atoms with Crippen molar-refractivity contribution in [3.8, 4) is 0 Å². The first kappa shape index (κ1) is 11.2. The maximum Gasteiger partial charge on any atom is 0.245 e. The van der Waals surface area contributed by atoms with Gasteiger partial charge in [0.15, 0.2) is 5.65 Å². The van der Waals surface area contributed by atoms with Crippen molar-refractivity contribution in [3.63, 3.8) is 0 Å². The summed E-state index contributed by atoms with van der Waals surface area (Å²) in [7, 11) is 0. The summed E-state index contributed by atoms with van der Waals surface area (Å²) in [6.45, 7) is 7.72. The first-order valence-corrected chi connectivity index (χ1v) is 7.04. The molecule has 0 saturated carbocycles. The van der Waals surface area contributed by atoms with E-state index in [0.717, 1.165) is 48.8 Å². The zero-order chi connectivity index (χ0) is 13.0. The van der Waals surface area contributed by atoms with Crippen molar-refractivity contribution < 1.29 is 0 Å². The second kappa shape index (κ2) is 3.93. The van der Waals surface area contributed by atoms with E-state index in [1.165, 1.54) is 0 Å². The Morgan fingerprint density at radius 2 is 2.21 bits per heavy atom. The quantitative estimate of drug-likeness (QED) is 0.830. The molecule has 4 rings (SSSR count). The van der Waals surface area contributed by atoms with Crippen molar-refractivity contribution in [2.75, 3.05) is 24.5 Å². The molecule has 4 heterocycles. The second-order valence-electron chi connectivity index (χ2n) is 5.82.